The maximum Gasteiger partial charge on any atom is 0.222 e. The Kier molecular flexibility index (Phi) is 7.71. The Morgan fingerprint density at radius 1 is 1.04 bits per heavy atom. The number of hydrogen-bond donors (Lipinski definition) is 3. The standard InChI is InChI=1S/C40H43FN2O4/c1-40-17-15-29-28-12-10-27(44)19-25(28)9-11-30(29)33(40)13-14-36(40)47-18-16-37(46)42-22-23-5-7-24(8-6-23)39-31-3-2-4-35(45)32-20-26(41)21-34(43-39)38(31)32/h5-8,10,12,19-21,29-30,33,36,43-44H,2-4,9,11,13-18,22H2,1H3,(H,42,46)/t29-,30-,33+,36+,40+/m1/s1. The average molecular weight is 635 g/mol. The van der Waals surface area contributed by atoms with E-state index in [2.05, 4.69) is 23.3 Å². The molecule has 4 aliphatic carbocycles. The van der Waals surface area contributed by atoms with Gasteiger partial charge in [0.2, 0.25) is 5.91 Å². The molecule has 8 rings (SSSR count). The molecule has 0 bridgehead atoms. The first-order valence-corrected chi connectivity index (χ1v) is 17.4. The molecule has 4 aliphatic rings. The number of phenolic OH excluding ortho intramolecular Hbond substituents is 1. The van der Waals surface area contributed by atoms with Gasteiger partial charge in [-0.15, -0.1) is 0 Å². The van der Waals surface area contributed by atoms with E-state index in [1.807, 2.05) is 36.4 Å². The lowest BCUT2D eigenvalue weighted by atomic mass is 9.55. The molecule has 244 valence electrons. The molecule has 5 atom stereocenters. The van der Waals surface area contributed by atoms with E-state index >= 15 is 0 Å². The number of carbonyl (C=O) groups excluding carboxylic acids is 2. The van der Waals surface area contributed by atoms with E-state index < -0.39 is 5.82 Å². The molecular weight excluding hydrogens is 591 g/mol. The molecule has 3 aromatic carbocycles. The van der Waals surface area contributed by atoms with E-state index in [9.17, 15) is 19.1 Å². The number of benzene rings is 3. The highest BCUT2D eigenvalue weighted by molar-refractivity contribution is 6.11. The number of aromatic hydroxyl groups is 1. The summed E-state index contributed by atoms with van der Waals surface area (Å²) in [5.41, 5.74) is 8.05. The van der Waals surface area contributed by atoms with Crippen LogP contribution in [0.2, 0.25) is 0 Å². The van der Waals surface area contributed by atoms with Crippen molar-refractivity contribution in [2.75, 3.05) is 6.61 Å². The van der Waals surface area contributed by atoms with Gasteiger partial charge in [-0.2, -0.15) is 0 Å². The van der Waals surface area contributed by atoms with Crippen LogP contribution in [-0.4, -0.2) is 34.5 Å². The molecule has 1 heterocycles. The number of halogens is 1. The van der Waals surface area contributed by atoms with Crippen molar-refractivity contribution >= 4 is 22.6 Å². The van der Waals surface area contributed by atoms with Gasteiger partial charge in [-0.05, 0) is 127 Å². The van der Waals surface area contributed by atoms with Crippen LogP contribution in [0.1, 0.15) is 96.8 Å². The summed E-state index contributed by atoms with van der Waals surface area (Å²) in [6, 6.07) is 16.9. The second kappa shape index (κ2) is 11.9. The first-order chi connectivity index (χ1) is 22.8. The van der Waals surface area contributed by atoms with Gasteiger partial charge in [0.1, 0.15) is 11.6 Å². The maximum absolute atomic E-state index is 14.3. The first-order valence-electron chi connectivity index (χ1n) is 17.4. The summed E-state index contributed by atoms with van der Waals surface area (Å²) in [6.45, 7) is 3.29. The third-order valence-electron chi connectivity index (χ3n) is 12.1. The molecule has 1 aromatic heterocycles. The van der Waals surface area contributed by atoms with Crippen LogP contribution in [0.5, 0.6) is 5.75 Å². The molecule has 3 N–H and O–H groups in total. The molecule has 0 spiro atoms. The number of nitrogens with one attached hydrogen (secondary N) is 2. The summed E-state index contributed by atoms with van der Waals surface area (Å²) in [5.74, 6) is 1.85. The number of hydrogen-bond acceptors (Lipinski definition) is 4. The van der Waals surface area contributed by atoms with E-state index in [0.29, 0.717) is 60.6 Å². The van der Waals surface area contributed by atoms with Gasteiger partial charge in [0, 0.05) is 41.5 Å². The number of aryl methyl sites for hydroxylation is 2. The van der Waals surface area contributed by atoms with Crippen LogP contribution in [0, 0.1) is 23.1 Å². The Balaban J connectivity index is 0.854. The van der Waals surface area contributed by atoms with E-state index in [1.165, 1.54) is 36.1 Å². The van der Waals surface area contributed by atoms with Crippen molar-refractivity contribution < 1.29 is 23.8 Å². The van der Waals surface area contributed by atoms with Crippen LogP contribution in [0.25, 0.3) is 22.2 Å². The van der Waals surface area contributed by atoms with Crippen LogP contribution in [0.3, 0.4) is 0 Å². The van der Waals surface area contributed by atoms with Crippen molar-refractivity contribution in [1.29, 1.82) is 0 Å². The molecule has 6 nitrogen and oxygen atoms in total. The fourth-order valence-corrected chi connectivity index (χ4v) is 9.81. The Labute approximate surface area is 275 Å². The molecular formula is C40H43FN2O4. The summed E-state index contributed by atoms with van der Waals surface area (Å²) in [4.78, 5) is 28.8. The first kappa shape index (κ1) is 30.4. The van der Waals surface area contributed by atoms with Gasteiger partial charge in [-0.25, -0.2) is 4.39 Å². The van der Waals surface area contributed by atoms with Crippen LogP contribution in [-0.2, 0) is 28.9 Å². The molecule has 47 heavy (non-hydrogen) atoms. The third kappa shape index (κ3) is 5.37. The number of Topliss-reactive ketones (excluding diaryl/α,β-unsaturated/α-hetero) is 1. The number of ketones is 1. The van der Waals surface area contributed by atoms with Gasteiger partial charge < -0.3 is 20.1 Å². The second-order valence-corrected chi connectivity index (χ2v) is 14.6. The lowest BCUT2D eigenvalue weighted by molar-refractivity contribution is -0.124. The molecule has 1 amide bonds. The summed E-state index contributed by atoms with van der Waals surface area (Å²) in [7, 11) is 0. The zero-order chi connectivity index (χ0) is 32.3. The number of phenols is 1. The van der Waals surface area contributed by atoms with Crippen molar-refractivity contribution in [2.24, 2.45) is 17.3 Å². The Hall–Kier alpha value is -3.97. The predicted molar refractivity (Wildman–Crippen MR) is 180 cm³/mol. The Bertz CT molecular complexity index is 1860. The zero-order valence-corrected chi connectivity index (χ0v) is 27.0. The maximum atomic E-state index is 14.3. The van der Waals surface area contributed by atoms with Gasteiger partial charge in [0.25, 0.3) is 0 Å². The summed E-state index contributed by atoms with van der Waals surface area (Å²) < 4.78 is 20.8. The Morgan fingerprint density at radius 2 is 1.89 bits per heavy atom. The number of aromatic amines is 1. The monoisotopic (exact) mass is 634 g/mol. The van der Waals surface area contributed by atoms with Crippen LogP contribution >= 0.6 is 0 Å². The van der Waals surface area contributed by atoms with Gasteiger partial charge >= 0.3 is 0 Å². The molecule has 4 aromatic rings. The lowest BCUT2D eigenvalue weighted by Crippen LogP contribution is -2.44. The lowest BCUT2D eigenvalue weighted by Gasteiger charge is -2.50. The average Bonchev–Trinajstić information content (AvgIpc) is 3.54. The summed E-state index contributed by atoms with van der Waals surface area (Å²) in [6.07, 6.45) is 9.25. The van der Waals surface area contributed by atoms with Gasteiger partial charge in [-0.3, -0.25) is 9.59 Å². The largest absolute Gasteiger partial charge is 0.508 e. The van der Waals surface area contributed by atoms with Crippen molar-refractivity contribution in [1.82, 2.24) is 10.3 Å². The van der Waals surface area contributed by atoms with E-state index in [0.717, 1.165) is 66.3 Å². The number of amides is 1. The molecule has 7 heteroatoms. The van der Waals surface area contributed by atoms with Crippen molar-refractivity contribution in [3.05, 3.63) is 88.2 Å². The SMILES string of the molecule is C[C@]12CC[C@@H]3c4ccc(O)cc4CC[C@H]3[C@@H]1CC[C@@H]2OCCC(=O)NCc1ccc(-c2[nH]c3cc(F)cc4c3c2CCCC4=O)cc1. The molecule has 0 unspecified atom stereocenters. The molecule has 2 saturated carbocycles. The van der Waals surface area contributed by atoms with Gasteiger partial charge in [0.15, 0.2) is 5.78 Å². The molecule has 0 saturated heterocycles. The molecule has 2 fully saturated rings. The topological polar surface area (TPSA) is 91.4 Å². The van der Waals surface area contributed by atoms with E-state index in [-0.39, 0.29) is 23.2 Å². The van der Waals surface area contributed by atoms with Crippen LogP contribution < -0.4 is 5.32 Å². The number of carbonyl (C=O) groups is 2. The zero-order valence-electron chi connectivity index (χ0n) is 27.0. The molecule has 0 aliphatic heterocycles. The number of rotatable bonds is 7. The van der Waals surface area contributed by atoms with Crippen molar-refractivity contribution in [2.45, 2.75) is 89.7 Å². The smallest absolute Gasteiger partial charge is 0.222 e. The van der Waals surface area contributed by atoms with Crippen molar-refractivity contribution in [3.63, 3.8) is 0 Å². The minimum atomic E-state index is -0.401. The van der Waals surface area contributed by atoms with E-state index in [4.69, 9.17) is 4.74 Å². The summed E-state index contributed by atoms with van der Waals surface area (Å²) >= 11 is 0. The predicted octanol–water partition coefficient (Wildman–Crippen LogP) is 8.15. The number of aromatic nitrogens is 1. The molecule has 0 radical (unpaired) electrons. The highest BCUT2D eigenvalue weighted by atomic mass is 19.1. The van der Waals surface area contributed by atoms with Gasteiger partial charge in [-0.1, -0.05) is 37.3 Å². The highest BCUT2D eigenvalue weighted by Gasteiger charge is 2.55. The van der Waals surface area contributed by atoms with Crippen molar-refractivity contribution in [3.8, 4) is 17.0 Å². The second-order valence-electron chi connectivity index (χ2n) is 14.6. The van der Waals surface area contributed by atoms with Gasteiger partial charge in [0.05, 0.1) is 12.7 Å². The fraction of sp³-hybridized carbons (Fsp3) is 0.450. The van der Waals surface area contributed by atoms with Crippen LogP contribution in [0.15, 0.2) is 54.6 Å². The fourth-order valence-electron chi connectivity index (χ4n) is 9.81. The quantitative estimate of drug-likeness (QED) is 0.191. The number of fused-ring (bicyclic) bond motifs is 5. The Morgan fingerprint density at radius 3 is 2.74 bits per heavy atom. The van der Waals surface area contributed by atoms with E-state index in [1.54, 1.807) is 0 Å². The number of ether oxygens (including phenoxy) is 1. The third-order valence-corrected chi connectivity index (χ3v) is 12.1. The summed E-state index contributed by atoms with van der Waals surface area (Å²) in [5, 5.41) is 13.9. The van der Waals surface area contributed by atoms with Crippen LogP contribution in [0.4, 0.5) is 4.39 Å². The normalized spacial score (nSPS) is 26.4. The minimum absolute atomic E-state index is 0.00173. The minimum Gasteiger partial charge on any atom is -0.508 e. The number of H-pyrrole nitrogens is 1. The highest BCUT2D eigenvalue weighted by Crippen LogP contribution is 2.61.